The quantitative estimate of drug-likeness (QED) is 0.829. The Hall–Kier alpha value is -1.42. The largest absolute Gasteiger partial charge is 0.441 e. The molecule has 1 atom stereocenters. The second kappa shape index (κ2) is 6.35. The van der Waals surface area contributed by atoms with Gasteiger partial charge >= 0.3 is 6.09 Å². The number of amides is 1. The molecule has 0 bridgehead atoms. The molecule has 0 heterocycles. The average molecular weight is 251 g/mol. The summed E-state index contributed by atoms with van der Waals surface area (Å²) in [5, 5.41) is 2.52. The zero-order chi connectivity index (χ0) is 12.8. The first-order chi connectivity index (χ1) is 8.04. The van der Waals surface area contributed by atoms with Gasteiger partial charge in [-0.05, 0) is 26.2 Å². The number of hydrogen-bond acceptors (Lipinski definition) is 3. The first-order valence-corrected chi connectivity index (χ1v) is 6.53. The molecule has 0 aliphatic heterocycles. The minimum atomic E-state index is -0.471. The number of carbonyl (C=O) groups excluding carboxylic acids is 1. The molecule has 4 heteroatoms. The number of ether oxygens (including phenoxy) is 1. The van der Waals surface area contributed by atoms with Gasteiger partial charge in [-0.2, -0.15) is 0 Å². The summed E-state index contributed by atoms with van der Waals surface area (Å²) in [6, 6.07) is 7.88. The van der Waals surface area contributed by atoms with Gasteiger partial charge in [-0.3, -0.25) is 5.32 Å². The third-order valence-electron chi connectivity index (χ3n) is 2.18. The van der Waals surface area contributed by atoms with Gasteiger partial charge in [0.15, 0.2) is 0 Å². The van der Waals surface area contributed by atoms with Gasteiger partial charge in [0, 0.05) is 16.2 Å². The molecule has 92 valence electrons. The van der Waals surface area contributed by atoms with Crippen LogP contribution in [0.25, 0.3) is 0 Å². The molecule has 1 N–H and O–H groups in total. The summed E-state index contributed by atoms with van der Waals surface area (Å²) < 4.78 is 5.27. The zero-order valence-corrected chi connectivity index (χ0v) is 11.1. The van der Waals surface area contributed by atoms with Crippen molar-refractivity contribution in [2.75, 3.05) is 6.26 Å². The van der Waals surface area contributed by atoms with Crippen molar-refractivity contribution in [3.63, 3.8) is 0 Å². The molecule has 3 nitrogen and oxygen atoms in total. The predicted molar refractivity (Wildman–Crippen MR) is 71.1 cm³/mol. The second-order valence-corrected chi connectivity index (χ2v) is 4.54. The third-order valence-corrected chi connectivity index (χ3v) is 2.99. The molecule has 0 aromatic heterocycles. The lowest BCUT2D eigenvalue weighted by atomic mass is 10.1. The maximum absolute atomic E-state index is 11.4. The second-order valence-electron chi connectivity index (χ2n) is 3.69. The molecule has 0 saturated carbocycles. The van der Waals surface area contributed by atoms with Crippen molar-refractivity contribution in [3.8, 4) is 0 Å². The van der Waals surface area contributed by atoms with Crippen molar-refractivity contribution < 1.29 is 9.53 Å². The minimum absolute atomic E-state index is 0.280. The van der Waals surface area contributed by atoms with Gasteiger partial charge in [-0.25, -0.2) is 4.79 Å². The maximum Gasteiger partial charge on any atom is 0.411 e. The summed E-state index contributed by atoms with van der Waals surface area (Å²) in [5.41, 5.74) is 1.58. The molecule has 1 aromatic rings. The van der Waals surface area contributed by atoms with E-state index in [1.165, 1.54) is 0 Å². The van der Waals surface area contributed by atoms with Crippen LogP contribution in [-0.4, -0.2) is 12.3 Å². The number of nitrogens with one attached hydrogen (secondary N) is 1. The van der Waals surface area contributed by atoms with Gasteiger partial charge in [0.1, 0.15) is 6.10 Å². The zero-order valence-electron chi connectivity index (χ0n) is 10.3. The van der Waals surface area contributed by atoms with E-state index in [4.69, 9.17) is 4.74 Å². The van der Waals surface area contributed by atoms with Gasteiger partial charge in [-0.15, -0.1) is 11.8 Å². The number of thioether (sulfide) groups is 1. The SMILES string of the molecule is C=C(C)NC(=O)O[C@H](C)c1ccccc1SC. The molecule has 0 aliphatic rings. The van der Waals surface area contributed by atoms with Crippen molar-refractivity contribution in [1.29, 1.82) is 0 Å². The Morgan fingerprint density at radius 3 is 2.71 bits per heavy atom. The van der Waals surface area contributed by atoms with Crippen molar-refractivity contribution in [1.82, 2.24) is 5.32 Å². The van der Waals surface area contributed by atoms with Gasteiger partial charge in [0.05, 0.1) is 0 Å². The van der Waals surface area contributed by atoms with Crippen LogP contribution in [0.2, 0.25) is 0 Å². The van der Waals surface area contributed by atoms with E-state index in [0.717, 1.165) is 10.5 Å². The maximum atomic E-state index is 11.4. The standard InChI is InChI=1S/C13H17NO2S/c1-9(2)14-13(15)16-10(3)11-7-5-6-8-12(11)17-4/h5-8,10H,1H2,2-4H3,(H,14,15)/t10-/m1/s1. The molecule has 0 saturated heterocycles. The Morgan fingerprint density at radius 1 is 1.47 bits per heavy atom. The molecule has 0 fully saturated rings. The Bertz CT molecular complexity index is 418. The highest BCUT2D eigenvalue weighted by Crippen LogP contribution is 2.27. The summed E-state index contributed by atoms with van der Waals surface area (Å²) in [5.74, 6) is 0. The highest BCUT2D eigenvalue weighted by Gasteiger charge is 2.14. The molecular weight excluding hydrogens is 234 g/mol. The van der Waals surface area contributed by atoms with Crippen LogP contribution in [0.15, 0.2) is 41.4 Å². The van der Waals surface area contributed by atoms with Crippen molar-refractivity contribution in [3.05, 3.63) is 42.1 Å². The normalized spacial score (nSPS) is 11.7. The molecular formula is C13H17NO2S. The molecule has 0 unspecified atom stereocenters. The van der Waals surface area contributed by atoms with E-state index >= 15 is 0 Å². The first kappa shape index (κ1) is 13.6. The molecule has 17 heavy (non-hydrogen) atoms. The molecule has 1 aromatic carbocycles. The van der Waals surface area contributed by atoms with Gasteiger partial charge in [-0.1, -0.05) is 24.8 Å². The number of carbonyl (C=O) groups is 1. The summed E-state index contributed by atoms with van der Waals surface area (Å²) in [4.78, 5) is 12.5. The van der Waals surface area contributed by atoms with Gasteiger partial charge in [0.2, 0.25) is 0 Å². The average Bonchev–Trinajstić information content (AvgIpc) is 2.27. The Morgan fingerprint density at radius 2 is 2.12 bits per heavy atom. The van der Waals surface area contributed by atoms with Crippen molar-refractivity contribution in [2.24, 2.45) is 0 Å². The van der Waals surface area contributed by atoms with E-state index in [-0.39, 0.29) is 6.10 Å². The van der Waals surface area contributed by atoms with Crippen LogP contribution >= 0.6 is 11.8 Å². The number of rotatable bonds is 4. The summed E-state index contributed by atoms with van der Waals surface area (Å²) in [6.45, 7) is 7.16. The number of allylic oxidation sites excluding steroid dienone is 1. The summed E-state index contributed by atoms with van der Waals surface area (Å²) in [7, 11) is 0. The van der Waals surface area contributed by atoms with Crippen LogP contribution in [0.1, 0.15) is 25.5 Å². The Balaban J connectivity index is 2.72. The minimum Gasteiger partial charge on any atom is -0.441 e. The molecule has 0 spiro atoms. The van der Waals surface area contributed by atoms with Crippen LogP contribution < -0.4 is 5.32 Å². The number of hydrogen-bond donors (Lipinski definition) is 1. The van der Waals surface area contributed by atoms with Crippen LogP contribution in [0.4, 0.5) is 4.79 Å². The van der Waals surface area contributed by atoms with Gasteiger partial charge < -0.3 is 4.74 Å². The fourth-order valence-electron chi connectivity index (χ4n) is 1.43. The first-order valence-electron chi connectivity index (χ1n) is 5.30. The Kier molecular flexibility index (Phi) is 5.10. The van der Waals surface area contributed by atoms with Crippen LogP contribution in [-0.2, 0) is 4.74 Å². The fourth-order valence-corrected chi connectivity index (χ4v) is 2.11. The van der Waals surface area contributed by atoms with Crippen molar-refractivity contribution in [2.45, 2.75) is 24.8 Å². The molecule has 1 amide bonds. The topological polar surface area (TPSA) is 38.3 Å². The van der Waals surface area contributed by atoms with E-state index in [2.05, 4.69) is 11.9 Å². The third kappa shape index (κ3) is 4.15. The lowest BCUT2D eigenvalue weighted by Crippen LogP contribution is -2.23. The fraction of sp³-hybridized carbons (Fsp3) is 0.308. The smallest absolute Gasteiger partial charge is 0.411 e. The summed E-state index contributed by atoms with van der Waals surface area (Å²) in [6.07, 6.45) is 1.25. The van der Waals surface area contributed by atoms with E-state index in [1.807, 2.05) is 37.4 Å². The van der Waals surface area contributed by atoms with E-state index in [1.54, 1.807) is 18.7 Å². The number of benzene rings is 1. The molecule has 1 rings (SSSR count). The predicted octanol–water partition coefficient (Wildman–Crippen LogP) is 3.73. The lowest BCUT2D eigenvalue weighted by molar-refractivity contribution is 0.108. The summed E-state index contributed by atoms with van der Waals surface area (Å²) >= 11 is 1.64. The van der Waals surface area contributed by atoms with Gasteiger partial charge in [0.25, 0.3) is 0 Å². The number of alkyl carbamates (subject to hydrolysis) is 1. The highest BCUT2D eigenvalue weighted by molar-refractivity contribution is 7.98. The molecule has 0 aliphatic carbocycles. The van der Waals surface area contributed by atoms with E-state index in [0.29, 0.717) is 5.70 Å². The van der Waals surface area contributed by atoms with Crippen molar-refractivity contribution >= 4 is 17.9 Å². The van der Waals surface area contributed by atoms with Crippen LogP contribution in [0, 0.1) is 0 Å². The molecule has 0 radical (unpaired) electrons. The van der Waals surface area contributed by atoms with Crippen LogP contribution in [0.5, 0.6) is 0 Å². The lowest BCUT2D eigenvalue weighted by Gasteiger charge is -2.16. The van der Waals surface area contributed by atoms with E-state index < -0.39 is 6.09 Å². The monoisotopic (exact) mass is 251 g/mol. The Labute approximate surface area is 106 Å². The van der Waals surface area contributed by atoms with Crippen LogP contribution in [0.3, 0.4) is 0 Å². The van der Waals surface area contributed by atoms with E-state index in [9.17, 15) is 4.79 Å². The highest BCUT2D eigenvalue weighted by atomic mass is 32.2.